The summed E-state index contributed by atoms with van der Waals surface area (Å²) in [5, 5.41) is 8.84. The van der Waals surface area contributed by atoms with E-state index in [-0.39, 0.29) is 4.90 Å². The van der Waals surface area contributed by atoms with Gasteiger partial charge < -0.3 is 0 Å². The summed E-state index contributed by atoms with van der Waals surface area (Å²) in [7, 11) is -3.71. The highest BCUT2D eigenvalue weighted by molar-refractivity contribution is 7.92. The molecule has 1 heterocycles. The van der Waals surface area contributed by atoms with Crippen molar-refractivity contribution in [3.63, 3.8) is 0 Å². The second-order valence-electron chi connectivity index (χ2n) is 4.28. The van der Waals surface area contributed by atoms with E-state index in [1.54, 1.807) is 35.8 Å². The average Bonchev–Trinajstić information content (AvgIpc) is 2.94. The Hall–Kier alpha value is -2.43. The predicted octanol–water partition coefficient (Wildman–Crippen LogP) is 2.97. The highest BCUT2D eigenvalue weighted by atomic mass is 32.2. The Labute approximate surface area is 125 Å². The predicted molar refractivity (Wildman–Crippen MR) is 81.6 cm³/mol. The van der Waals surface area contributed by atoms with E-state index in [4.69, 9.17) is 5.26 Å². The molecule has 7 heteroatoms. The van der Waals surface area contributed by atoms with Crippen LogP contribution < -0.4 is 4.72 Å². The fourth-order valence-corrected chi connectivity index (χ4v) is 3.68. The molecule has 0 unspecified atom stereocenters. The molecule has 0 aliphatic carbocycles. The zero-order valence-electron chi connectivity index (χ0n) is 10.6. The Morgan fingerprint density at radius 2 is 2.05 bits per heavy atom. The van der Waals surface area contributed by atoms with Crippen molar-refractivity contribution in [2.24, 2.45) is 0 Å². The largest absolute Gasteiger partial charge is 0.280 e. The zero-order chi connectivity index (χ0) is 14.9. The van der Waals surface area contributed by atoms with E-state index >= 15 is 0 Å². The van der Waals surface area contributed by atoms with Crippen LogP contribution in [0.2, 0.25) is 0 Å². The van der Waals surface area contributed by atoms with Gasteiger partial charge in [0.25, 0.3) is 10.0 Å². The van der Waals surface area contributed by atoms with Crippen LogP contribution in [0.3, 0.4) is 0 Å². The lowest BCUT2D eigenvalue weighted by Gasteiger charge is -2.08. The van der Waals surface area contributed by atoms with Gasteiger partial charge in [-0.25, -0.2) is 13.4 Å². The molecule has 1 N–H and O–H groups in total. The number of benzene rings is 2. The number of sulfonamides is 1. The van der Waals surface area contributed by atoms with Crippen LogP contribution in [0, 0.1) is 11.3 Å². The number of hydrogen-bond donors (Lipinski definition) is 1. The topological polar surface area (TPSA) is 82.8 Å². The summed E-state index contributed by atoms with van der Waals surface area (Å²) in [6, 6.07) is 13.0. The molecule has 1 aromatic heterocycles. The molecule has 104 valence electrons. The Balaban J connectivity index is 1.96. The van der Waals surface area contributed by atoms with Gasteiger partial charge in [0.2, 0.25) is 0 Å². The summed E-state index contributed by atoms with van der Waals surface area (Å²) in [5.41, 5.74) is 3.30. The standard InChI is InChI=1S/C14H9N3O2S2/c15-8-10-2-1-3-12(6-10)21(18,19)17-11-4-5-13-14(7-11)20-9-16-13/h1-7,9,17H. The summed E-state index contributed by atoms with van der Waals surface area (Å²) in [5.74, 6) is 0. The second kappa shape index (κ2) is 5.16. The first kappa shape index (κ1) is 13.5. The van der Waals surface area contributed by atoms with Crippen molar-refractivity contribution < 1.29 is 8.42 Å². The molecule has 0 saturated carbocycles. The van der Waals surface area contributed by atoms with E-state index in [0.717, 1.165) is 10.2 Å². The van der Waals surface area contributed by atoms with Gasteiger partial charge in [0.1, 0.15) is 0 Å². The SMILES string of the molecule is N#Cc1cccc(S(=O)(=O)Nc2ccc3ncsc3c2)c1. The van der Waals surface area contributed by atoms with E-state index in [0.29, 0.717) is 11.3 Å². The van der Waals surface area contributed by atoms with Gasteiger partial charge in [0.15, 0.2) is 0 Å². The molecule has 0 spiro atoms. The first-order valence-electron chi connectivity index (χ1n) is 5.95. The maximum absolute atomic E-state index is 12.3. The summed E-state index contributed by atoms with van der Waals surface area (Å²) >= 11 is 1.44. The lowest BCUT2D eigenvalue weighted by molar-refractivity contribution is 0.601. The van der Waals surface area contributed by atoms with Crippen LogP contribution in [0.15, 0.2) is 52.9 Å². The third-order valence-electron chi connectivity index (χ3n) is 2.86. The minimum absolute atomic E-state index is 0.0611. The first-order chi connectivity index (χ1) is 10.1. The van der Waals surface area contributed by atoms with Crippen LogP contribution in [0.25, 0.3) is 10.2 Å². The number of fused-ring (bicyclic) bond motifs is 1. The van der Waals surface area contributed by atoms with Crippen molar-refractivity contribution in [2.45, 2.75) is 4.90 Å². The quantitative estimate of drug-likeness (QED) is 0.805. The second-order valence-corrected chi connectivity index (χ2v) is 6.85. The molecule has 0 atom stereocenters. The summed E-state index contributed by atoms with van der Waals surface area (Å²) in [6.07, 6.45) is 0. The molecule has 3 aromatic rings. The molecule has 0 aliphatic rings. The number of anilines is 1. The normalized spacial score (nSPS) is 11.2. The molecule has 0 bridgehead atoms. The fourth-order valence-electron chi connectivity index (χ4n) is 1.87. The maximum atomic E-state index is 12.3. The number of rotatable bonds is 3. The van der Waals surface area contributed by atoms with Crippen LogP contribution in [-0.2, 0) is 10.0 Å². The minimum Gasteiger partial charge on any atom is -0.280 e. The fraction of sp³-hybridized carbons (Fsp3) is 0. The van der Waals surface area contributed by atoms with Crippen molar-refractivity contribution >= 4 is 37.3 Å². The summed E-state index contributed by atoms with van der Waals surface area (Å²) in [4.78, 5) is 4.20. The van der Waals surface area contributed by atoms with Gasteiger partial charge in [0.05, 0.1) is 37.9 Å². The molecule has 0 radical (unpaired) electrons. The molecule has 5 nitrogen and oxygen atoms in total. The number of nitrogens with zero attached hydrogens (tertiary/aromatic N) is 2. The lowest BCUT2D eigenvalue weighted by Crippen LogP contribution is -2.12. The molecule has 0 saturated heterocycles. The molecule has 0 fully saturated rings. The van der Waals surface area contributed by atoms with E-state index in [1.807, 2.05) is 6.07 Å². The maximum Gasteiger partial charge on any atom is 0.261 e. The highest BCUT2D eigenvalue weighted by Crippen LogP contribution is 2.24. The van der Waals surface area contributed by atoms with Crippen LogP contribution in [-0.4, -0.2) is 13.4 Å². The number of nitriles is 1. The van der Waals surface area contributed by atoms with Gasteiger partial charge in [-0.05, 0) is 36.4 Å². The Kier molecular flexibility index (Phi) is 3.33. The Morgan fingerprint density at radius 1 is 1.19 bits per heavy atom. The lowest BCUT2D eigenvalue weighted by atomic mass is 10.2. The van der Waals surface area contributed by atoms with Crippen LogP contribution in [0.1, 0.15) is 5.56 Å². The van der Waals surface area contributed by atoms with Crippen molar-refractivity contribution in [3.05, 3.63) is 53.5 Å². The van der Waals surface area contributed by atoms with E-state index in [9.17, 15) is 8.42 Å². The number of aromatic nitrogens is 1. The van der Waals surface area contributed by atoms with Gasteiger partial charge in [-0.15, -0.1) is 11.3 Å². The van der Waals surface area contributed by atoms with E-state index < -0.39 is 10.0 Å². The molecular weight excluding hydrogens is 306 g/mol. The molecule has 21 heavy (non-hydrogen) atoms. The van der Waals surface area contributed by atoms with Gasteiger partial charge in [0, 0.05) is 0 Å². The minimum atomic E-state index is -3.71. The molecular formula is C14H9N3O2S2. The van der Waals surface area contributed by atoms with Crippen LogP contribution in [0.5, 0.6) is 0 Å². The summed E-state index contributed by atoms with van der Waals surface area (Å²) < 4.78 is 28.0. The van der Waals surface area contributed by atoms with Crippen LogP contribution in [0.4, 0.5) is 5.69 Å². The monoisotopic (exact) mass is 315 g/mol. The molecule has 2 aromatic carbocycles. The van der Waals surface area contributed by atoms with Gasteiger partial charge in [-0.3, -0.25) is 4.72 Å². The number of thiazole rings is 1. The third kappa shape index (κ3) is 2.72. The first-order valence-corrected chi connectivity index (χ1v) is 8.31. The van der Waals surface area contributed by atoms with Crippen molar-refractivity contribution in [1.29, 1.82) is 5.26 Å². The molecule has 0 amide bonds. The van der Waals surface area contributed by atoms with Gasteiger partial charge in [-0.1, -0.05) is 6.07 Å². The van der Waals surface area contributed by atoms with Gasteiger partial charge >= 0.3 is 0 Å². The molecule has 3 rings (SSSR count). The highest BCUT2D eigenvalue weighted by Gasteiger charge is 2.15. The third-order valence-corrected chi connectivity index (χ3v) is 5.03. The van der Waals surface area contributed by atoms with Gasteiger partial charge in [-0.2, -0.15) is 5.26 Å². The Morgan fingerprint density at radius 3 is 2.86 bits per heavy atom. The van der Waals surface area contributed by atoms with E-state index in [2.05, 4.69) is 9.71 Å². The smallest absolute Gasteiger partial charge is 0.261 e. The summed E-state index contributed by atoms with van der Waals surface area (Å²) in [6.45, 7) is 0. The van der Waals surface area contributed by atoms with E-state index in [1.165, 1.54) is 23.5 Å². The number of nitrogens with one attached hydrogen (secondary N) is 1. The van der Waals surface area contributed by atoms with Crippen LogP contribution >= 0.6 is 11.3 Å². The number of hydrogen-bond acceptors (Lipinski definition) is 5. The average molecular weight is 315 g/mol. The van der Waals surface area contributed by atoms with Crippen molar-refractivity contribution in [3.8, 4) is 6.07 Å². The van der Waals surface area contributed by atoms with Crippen molar-refractivity contribution in [2.75, 3.05) is 4.72 Å². The zero-order valence-corrected chi connectivity index (χ0v) is 12.3. The molecule has 0 aliphatic heterocycles. The van der Waals surface area contributed by atoms with Crippen molar-refractivity contribution in [1.82, 2.24) is 4.98 Å². The Bertz CT molecular complexity index is 956.